The van der Waals surface area contributed by atoms with E-state index in [1.54, 1.807) is 11.3 Å². The normalized spacial score (nSPS) is 10.9. The van der Waals surface area contributed by atoms with Crippen LogP contribution in [0.2, 0.25) is 0 Å². The maximum absolute atomic E-state index is 5.77. The van der Waals surface area contributed by atoms with Gasteiger partial charge in [0.25, 0.3) is 0 Å². The molecule has 4 heteroatoms. The summed E-state index contributed by atoms with van der Waals surface area (Å²) in [7, 11) is 0. The van der Waals surface area contributed by atoms with Gasteiger partial charge in [-0.2, -0.15) is 0 Å². The second-order valence-corrected chi connectivity index (χ2v) is 5.31. The minimum Gasteiger partial charge on any atom is -0.399 e. The van der Waals surface area contributed by atoms with Gasteiger partial charge in [0.15, 0.2) is 0 Å². The molecule has 0 aliphatic rings. The maximum atomic E-state index is 5.77. The standard InChI is InChI=1S/C14H13N3S/c15-11-3-1-2-10(8-11)4-5-14-17-12-9-16-7-6-13(12)18-14/h1-3,6-9H,4-5,15H2. The average Bonchev–Trinajstić information content (AvgIpc) is 2.79. The van der Waals surface area contributed by atoms with Crippen LogP contribution >= 0.6 is 11.3 Å². The summed E-state index contributed by atoms with van der Waals surface area (Å²) in [5.41, 5.74) is 8.84. The molecule has 0 atom stereocenters. The fourth-order valence-electron chi connectivity index (χ4n) is 1.93. The van der Waals surface area contributed by atoms with Gasteiger partial charge in [-0.15, -0.1) is 11.3 Å². The summed E-state index contributed by atoms with van der Waals surface area (Å²) in [6.07, 6.45) is 5.54. The number of nitrogens with two attached hydrogens (primary N) is 1. The fourth-order valence-corrected chi connectivity index (χ4v) is 2.87. The van der Waals surface area contributed by atoms with Crippen molar-refractivity contribution < 1.29 is 0 Å². The lowest BCUT2D eigenvalue weighted by molar-refractivity contribution is 0.949. The molecule has 0 saturated carbocycles. The highest BCUT2D eigenvalue weighted by Crippen LogP contribution is 2.22. The molecule has 0 fully saturated rings. The van der Waals surface area contributed by atoms with Gasteiger partial charge in [-0.05, 0) is 30.2 Å². The first kappa shape index (κ1) is 11.2. The minimum absolute atomic E-state index is 0.820. The number of anilines is 1. The highest BCUT2D eigenvalue weighted by atomic mass is 32.1. The van der Waals surface area contributed by atoms with Crippen molar-refractivity contribution >= 4 is 27.2 Å². The summed E-state index contributed by atoms with van der Waals surface area (Å²) in [5, 5.41) is 1.15. The third-order valence-corrected chi connectivity index (χ3v) is 3.91. The monoisotopic (exact) mass is 255 g/mol. The van der Waals surface area contributed by atoms with Crippen LogP contribution in [0.25, 0.3) is 10.2 Å². The number of pyridine rings is 1. The van der Waals surface area contributed by atoms with Crippen molar-refractivity contribution in [2.24, 2.45) is 0 Å². The van der Waals surface area contributed by atoms with E-state index in [1.165, 1.54) is 10.3 Å². The van der Waals surface area contributed by atoms with Crippen LogP contribution in [0.1, 0.15) is 10.6 Å². The summed E-state index contributed by atoms with van der Waals surface area (Å²) in [6.45, 7) is 0. The molecule has 18 heavy (non-hydrogen) atoms. The number of nitrogens with zero attached hydrogens (tertiary/aromatic N) is 2. The van der Waals surface area contributed by atoms with E-state index in [0.717, 1.165) is 29.1 Å². The summed E-state index contributed by atoms with van der Waals surface area (Å²) in [5.74, 6) is 0. The van der Waals surface area contributed by atoms with Crippen LogP contribution in [0.15, 0.2) is 42.7 Å². The number of nitrogen functional groups attached to an aromatic ring is 1. The van der Waals surface area contributed by atoms with Crippen LogP contribution in [0.5, 0.6) is 0 Å². The van der Waals surface area contributed by atoms with E-state index in [2.05, 4.69) is 16.0 Å². The largest absolute Gasteiger partial charge is 0.399 e. The Morgan fingerprint density at radius 3 is 2.94 bits per heavy atom. The van der Waals surface area contributed by atoms with Gasteiger partial charge in [-0.25, -0.2) is 4.98 Å². The Labute approximate surface area is 109 Å². The van der Waals surface area contributed by atoms with E-state index in [0.29, 0.717) is 0 Å². The minimum atomic E-state index is 0.820. The lowest BCUT2D eigenvalue weighted by Crippen LogP contribution is -1.92. The van der Waals surface area contributed by atoms with Gasteiger partial charge in [0.05, 0.1) is 21.4 Å². The topological polar surface area (TPSA) is 51.8 Å². The molecule has 0 saturated heterocycles. The molecule has 0 aliphatic heterocycles. The van der Waals surface area contributed by atoms with Gasteiger partial charge in [-0.3, -0.25) is 4.98 Å². The van der Waals surface area contributed by atoms with E-state index in [9.17, 15) is 0 Å². The van der Waals surface area contributed by atoms with Crippen LogP contribution < -0.4 is 5.73 Å². The molecule has 2 N–H and O–H groups in total. The lowest BCUT2D eigenvalue weighted by atomic mass is 10.1. The number of fused-ring (bicyclic) bond motifs is 1. The third kappa shape index (κ3) is 2.33. The molecule has 1 aromatic carbocycles. The quantitative estimate of drug-likeness (QED) is 0.732. The SMILES string of the molecule is Nc1cccc(CCc2nc3cnccc3s2)c1. The molecule has 2 aromatic heterocycles. The summed E-state index contributed by atoms with van der Waals surface area (Å²) in [6, 6.07) is 10.0. The van der Waals surface area contributed by atoms with Crippen molar-refractivity contribution in [1.29, 1.82) is 0 Å². The smallest absolute Gasteiger partial charge is 0.0998 e. The zero-order valence-corrected chi connectivity index (χ0v) is 10.7. The van der Waals surface area contributed by atoms with Crippen LogP contribution in [-0.4, -0.2) is 9.97 Å². The number of benzene rings is 1. The molecule has 3 aromatic rings. The zero-order valence-electron chi connectivity index (χ0n) is 9.84. The Bertz CT molecular complexity index is 642. The molecule has 3 rings (SSSR count). The maximum Gasteiger partial charge on any atom is 0.0998 e. The van der Waals surface area contributed by atoms with Crippen molar-refractivity contribution in [3.8, 4) is 0 Å². The lowest BCUT2D eigenvalue weighted by Gasteiger charge is -2.00. The second kappa shape index (κ2) is 4.74. The Balaban J connectivity index is 1.76. The van der Waals surface area contributed by atoms with Crippen molar-refractivity contribution in [2.45, 2.75) is 12.8 Å². The van der Waals surface area contributed by atoms with Crippen LogP contribution in [0.4, 0.5) is 5.69 Å². The van der Waals surface area contributed by atoms with Crippen molar-refractivity contribution in [3.05, 3.63) is 53.3 Å². The number of hydrogen-bond donors (Lipinski definition) is 1. The predicted molar refractivity (Wildman–Crippen MR) is 75.7 cm³/mol. The highest BCUT2D eigenvalue weighted by molar-refractivity contribution is 7.18. The van der Waals surface area contributed by atoms with E-state index in [4.69, 9.17) is 5.73 Å². The zero-order chi connectivity index (χ0) is 12.4. The fraction of sp³-hybridized carbons (Fsp3) is 0.143. The summed E-state index contributed by atoms with van der Waals surface area (Å²) in [4.78, 5) is 8.66. The number of rotatable bonds is 3. The van der Waals surface area contributed by atoms with Gasteiger partial charge < -0.3 is 5.73 Å². The molecule has 0 unspecified atom stereocenters. The summed E-state index contributed by atoms with van der Waals surface area (Å²) >= 11 is 1.74. The molecule has 90 valence electrons. The Morgan fingerprint density at radius 1 is 1.17 bits per heavy atom. The average molecular weight is 255 g/mol. The van der Waals surface area contributed by atoms with Gasteiger partial charge in [0.2, 0.25) is 0 Å². The number of hydrogen-bond acceptors (Lipinski definition) is 4. The van der Waals surface area contributed by atoms with Gasteiger partial charge >= 0.3 is 0 Å². The van der Waals surface area contributed by atoms with Gasteiger partial charge in [0.1, 0.15) is 0 Å². The molecule has 0 bridgehead atoms. The van der Waals surface area contributed by atoms with Crippen molar-refractivity contribution in [1.82, 2.24) is 9.97 Å². The number of thiazole rings is 1. The number of aryl methyl sites for hydroxylation is 2. The molecule has 0 amide bonds. The molecular weight excluding hydrogens is 242 g/mol. The summed E-state index contributed by atoms with van der Waals surface area (Å²) < 4.78 is 1.20. The van der Waals surface area contributed by atoms with Crippen LogP contribution in [0, 0.1) is 0 Å². The molecule has 3 nitrogen and oxygen atoms in total. The van der Waals surface area contributed by atoms with Crippen molar-refractivity contribution in [2.75, 3.05) is 5.73 Å². The molecule has 2 heterocycles. The second-order valence-electron chi connectivity index (χ2n) is 4.20. The molecule has 0 spiro atoms. The molecule has 0 aliphatic carbocycles. The number of aromatic nitrogens is 2. The Morgan fingerprint density at radius 2 is 2.11 bits per heavy atom. The first-order valence-corrected chi connectivity index (χ1v) is 6.67. The first-order chi connectivity index (χ1) is 8.81. The van der Waals surface area contributed by atoms with Crippen LogP contribution in [-0.2, 0) is 12.8 Å². The third-order valence-electron chi connectivity index (χ3n) is 2.81. The van der Waals surface area contributed by atoms with Gasteiger partial charge in [0, 0.05) is 18.3 Å². The Hall–Kier alpha value is -1.94. The van der Waals surface area contributed by atoms with E-state index >= 15 is 0 Å². The first-order valence-electron chi connectivity index (χ1n) is 5.85. The predicted octanol–water partition coefficient (Wildman–Crippen LogP) is 3.06. The highest BCUT2D eigenvalue weighted by Gasteiger charge is 2.04. The Kier molecular flexibility index (Phi) is 2.94. The molecule has 0 radical (unpaired) electrons. The van der Waals surface area contributed by atoms with E-state index in [1.807, 2.05) is 36.7 Å². The van der Waals surface area contributed by atoms with E-state index in [-0.39, 0.29) is 0 Å². The van der Waals surface area contributed by atoms with Gasteiger partial charge in [-0.1, -0.05) is 12.1 Å². The van der Waals surface area contributed by atoms with E-state index < -0.39 is 0 Å². The van der Waals surface area contributed by atoms with Crippen molar-refractivity contribution in [3.63, 3.8) is 0 Å². The van der Waals surface area contributed by atoms with Crippen LogP contribution in [0.3, 0.4) is 0 Å². The molecular formula is C14H13N3S.